The minimum atomic E-state index is -0.00116. The largest absolute Gasteiger partial charge is 0.382 e. The summed E-state index contributed by atoms with van der Waals surface area (Å²) in [6.07, 6.45) is 2.26. The van der Waals surface area contributed by atoms with Crippen LogP contribution in [0.3, 0.4) is 0 Å². The molecule has 0 heterocycles. The summed E-state index contributed by atoms with van der Waals surface area (Å²) in [5.74, 6) is 0. The predicted octanol–water partition coefficient (Wildman–Crippen LogP) is 2.19. The summed E-state index contributed by atoms with van der Waals surface area (Å²) in [5.41, 5.74) is 0.687. The lowest BCUT2D eigenvalue weighted by atomic mass is 10.2. The lowest BCUT2D eigenvalue weighted by Gasteiger charge is -2.17. The van der Waals surface area contributed by atoms with Gasteiger partial charge in [-0.15, -0.1) is 0 Å². The summed E-state index contributed by atoms with van der Waals surface area (Å²) in [7, 11) is 0. The molecule has 0 amide bonds. The molecule has 3 nitrogen and oxygen atoms in total. The maximum atomic E-state index is 11.1. The quantitative estimate of drug-likeness (QED) is 0.557. The Morgan fingerprint density at radius 3 is 2.50 bits per heavy atom. The van der Waals surface area contributed by atoms with Crippen molar-refractivity contribution >= 4 is 17.9 Å². The number of hydrogen-bond acceptors (Lipinski definition) is 4. The van der Waals surface area contributed by atoms with E-state index in [2.05, 4.69) is 24.1 Å². The number of nitrogens with one attached hydrogen (secondary N) is 1. The van der Waals surface area contributed by atoms with Crippen LogP contribution < -0.4 is 10.7 Å². The van der Waals surface area contributed by atoms with Crippen molar-refractivity contribution in [3.05, 3.63) is 20.8 Å². The van der Waals surface area contributed by atoms with E-state index in [1.165, 1.54) is 6.42 Å². The molecule has 0 aromatic heterocycles. The van der Waals surface area contributed by atoms with Crippen molar-refractivity contribution in [1.82, 2.24) is 4.90 Å². The first-order chi connectivity index (χ1) is 7.69. The molecule has 0 aliphatic rings. The molecule has 0 spiro atoms. The Hall–Kier alpha value is -0.740. The summed E-state index contributed by atoms with van der Waals surface area (Å²) in [6, 6.07) is 1.74. The molecule has 1 aromatic rings. The van der Waals surface area contributed by atoms with Gasteiger partial charge in [0.2, 0.25) is 5.43 Å². The molecule has 90 valence electrons. The van der Waals surface area contributed by atoms with Crippen molar-refractivity contribution in [3.63, 3.8) is 0 Å². The van der Waals surface area contributed by atoms with E-state index in [9.17, 15) is 4.79 Å². The van der Waals surface area contributed by atoms with Crippen molar-refractivity contribution in [2.75, 3.05) is 31.5 Å². The average molecular weight is 240 g/mol. The maximum Gasteiger partial charge on any atom is 0.219 e. The van der Waals surface area contributed by atoms with E-state index >= 15 is 0 Å². The van der Waals surface area contributed by atoms with Gasteiger partial charge < -0.3 is 10.2 Å². The van der Waals surface area contributed by atoms with Crippen LogP contribution in [0.2, 0.25) is 0 Å². The Morgan fingerprint density at radius 1 is 1.31 bits per heavy atom. The topological polar surface area (TPSA) is 32.3 Å². The zero-order chi connectivity index (χ0) is 12.0. The van der Waals surface area contributed by atoms with E-state index in [0.717, 1.165) is 32.6 Å². The van der Waals surface area contributed by atoms with E-state index in [0.29, 0.717) is 10.2 Å². The van der Waals surface area contributed by atoms with Gasteiger partial charge in [0.1, 0.15) is 0 Å². The van der Waals surface area contributed by atoms with E-state index in [4.69, 9.17) is 12.2 Å². The van der Waals surface area contributed by atoms with Crippen LogP contribution in [0, 0.1) is 4.51 Å². The Morgan fingerprint density at radius 2 is 2.00 bits per heavy atom. The monoisotopic (exact) mass is 240 g/mol. The number of rotatable bonds is 8. The zero-order valence-electron chi connectivity index (χ0n) is 10.1. The fourth-order valence-electron chi connectivity index (χ4n) is 1.67. The minimum Gasteiger partial charge on any atom is -0.382 e. The molecular formula is C12H20N2OS. The Kier molecular flexibility index (Phi) is 5.63. The van der Waals surface area contributed by atoms with Crippen LogP contribution >= 0.6 is 12.2 Å². The third-order valence-electron chi connectivity index (χ3n) is 2.85. The Balaban J connectivity index is 2.07. The van der Waals surface area contributed by atoms with Crippen molar-refractivity contribution in [3.8, 4) is 0 Å². The summed E-state index contributed by atoms with van der Waals surface area (Å²) < 4.78 is 0.450. The highest BCUT2D eigenvalue weighted by Crippen LogP contribution is 2.04. The zero-order valence-corrected chi connectivity index (χ0v) is 10.9. The summed E-state index contributed by atoms with van der Waals surface area (Å²) in [5, 5.41) is 3.11. The number of nitrogens with zero attached hydrogens (tertiary/aromatic N) is 1. The third-order valence-corrected chi connectivity index (χ3v) is 3.16. The van der Waals surface area contributed by atoms with Crippen LogP contribution in [-0.2, 0) is 0 Å². The fraction of sp³-hybridized carbons (Fsp3) is 0.667. The van der Waals surface area contributed by atoms with Crippen molar-refractivity contribution in [2.45, 2.75) is 26.7 Å². The highest BCUT2D eigenvalue weighted by Gasteiger charge is 2.04. The van der Waals surface area contributed by atoms with Crippen LogP contribution in [0.25, 0.3) is 0 Å². The van der Waals surface area contributed by atoms with Crippen LogP contribution in [0.1, 0.15) is 26.7 Å². The highest BCUT2D eigenvalue weighted by molar-refractivity contribution is 7.71. The maximum absolute atomic E-state index is 11.1. The van der Waals surface area contributed by atoms with Gasteiger partial charge in [0.25, 0.3) is 0 Å². The molecule has 0 saturated carbocycles. The molecule has 0 atom stereocenters. The van der Waals surface area contributed by atoms with Crippen LogP contribution in [0.15, 0.2) is 10.9 Å². The fourth-order valence-corrected chi connectivity index (χ4v) is 1.90. The lowest BCUT2D eigenvalue weighted by Crippen LogP contribution is -2.24. The molecule has 4 heteroatoms. The van der Waals surface area contributed by atoms with E-state index in [1.54, 1.807) is 6.07 Å². The SMILES string of the molecule is CCN(CC)CCCCNc1cc(=S)c1=O. The highest BCUT2D eigenvalue weighted by atomic mass is 32.1. The standard InChI is InChI=1S/C12H20N2OS/c1-3-14(4-2)8-6-5-7-13-10-9-11(16)12(10)15/h9,13H,3-8H2,1-2H3. The van der Waals surface area contributed by atoms with E-state index < -0.39 is 0 Å². The van der Waals surface area contributed by atoms with Crippen LogP contribution in [0.5, 0.6) is 0 Å². The molecule has 0 aliphatic heterocycles. The minimum absolute atomic E-state index is 0.00116. The lowest BCUT2D eigenvalue weighted by molar-refractivity contribution is 0.298. The molecule has 16 heavy (non-hydrogen) atoms. The van der Waals surface area contributed by atoms with E-state index in [-0.39, 0.29) is 5.43 Å². The summed E-state index contributed by atoms with van der Waals surface area (Å²) in [6.45, 7) is 8.59. The molecule has 1 aromatic carbocycles. The van der Waals surface area contributed by atoms with Crippen LogP contribution in [-0.4, -0.2) is 31.1 Å². The molecule has 0 bridgehead atoms. The van der Waals surface area contributed by atoms with Gasteiger partial charge >= 0.3 is 0 Å². The average Bonchev–Trinajstić information content (AvgIpc) is 2.32. The third kappa shape index (κ3) is 3.68. The van der Waals surface area contributed by atoms with Gasteiger partial charge in [-0.3, -0.25) is 4.79 Å². The number of hydrogen-bond donors (Lipinski definition) is 1. The number of unbranched alkanes of at least 4 members (excludes halogenated alkanes) is 1. The van der Waals surface area contributed by atoms with Crippen LogP contribution in [0.4, 0.5) is 5.69 Å². The second-order valence-corrected chi connectivity index (χ2v) is 4.35. The molecule has 0 unspecified atom stereocenters. The van der Waals surface area contributed by atoms with Gasteiger partial charge in [-0.1, -0.05) is 26.1 Å². The Bertz CT molecular complexity index is 378. The molecule has 1 rings (SSSR count). The smallest absolute Gasteiger partial charge is 0.219 e. The molecule has 0 saturated heterocycles. The first-order valence-electron chi connectivity index (χ1n) is 5.95. The van der Waals surface area contributed by atoms with Gasteiger partial charge in [0, 0.05) is 6.54 Å². The van der Waals surface area contributed by atoms with Gasteiger partial charge in [0.05, 0.1) is 10.2 Å². The van der Waals surface area contributed by atoms with Gasteiger partial charge in [0.15, 0.2) is 0 Å². The van der Waals surface area contributed by atoms with E-state index in [1.807, 2.05) is 0 Å². The normalized spacial score (nSPS) is 11.2. The second-order valence-electron chi connectivity index (χ2n) is 3.91. The van der Waals surface area contributed by atoms with Gasteiger partial charge in [-0.05, 0) is 38.5 Å². The van der Waals surface area contributed by atoms with Crippen molar-refractivity contribution in [1.29, 1.82) is 0 Å². The predicted molar refractivity (Wildman–Crippen MR) is 71.4 cm³/mol. The summed E-state index contributed by atoms with van der Waals surface area (Å²) in [4.78, 5) is 13.6. The second kappa shape index (κ2) is 6.76. The van der Waals surface area contributed by atoms with Gasteiger partial charge in [-0.25, -0.2) is 0 Å². The summed E-state index contributed by atoms with van der Waals surface area (Å²) >= 11 is 4.78. The number of anilines is 1. The molecular weight excluding hydrogens is 220 g/mol. The van der Waals surface area contributed by atoms with Crippen molar-refractivity contribution in [2.24, 2.45) is 0 Å². The first kappa shape index (κ1) is 13.3. The van der Waals surface area contributed by atoms with Gasteiger partial charge in [-0.2, -0.15) is 0 Å². The molecule has 0 aliphatic carbocycles. The Labute approximate surface area is 102 Å². The molecule has 1 N–H and O–H groups in total. The molecule has 0 radical (unpaired) electrons. The first-order valence-corrected chi connectivity index (χ1v) is 6.36. The molecule has 0 fully saturated rings. The van der Waals surface area contributed by atoms with Crippen molar-refractivity contribution < 1.29 is 0 Å².